The molecule has 4 rings (SSSR count). The summed E-state index contributed by atoms with van der Waals surface area (Å²) in [6.45, 7) is 9.62. The number of aromatic nitrogens is 1. The van der Waals surface area contributed by atoms with Crippen molar-refractivity contribution in [2.75, 3.05) is 39.9 Å². The molecule has 2 fully saturated rings. The number of methoxy groups -OCH3 is 1. The summed E-state index contributed by atoms with van der Waals surface area (Å²) in [4.78, 5) is 47.9. The molecule has 3 heterocycles. The quantitative estimate of drug-likeness (QED) is 0.383. The van der Waals surface area contributed by atoms with Gasteiger partial charge in [-0.2, -0.15) is 0 Å². The zero-order chi connectivity index (χ0) is 29.7. The number of carboxylic acids is 1. The van der Waals surface area contributed by atoms with Gasteiger partial charge in [0.1, 0.15) is 5.15 Å². The summed E-state index contributed by atoms with van der Waals surface area (Å²) >= 11 is 6.00. The number of halogens is 1. The number of rotatable bonds is 11. The molecule has 1 aromatic carbocycles. The van der Waals surface area contributed by atoms with Crippen molar-refractivity contribution in [3.63, 3.8) is 0 Å². The molecule has 0 spiro atoms. The minimum Gasteiger partial charge on any atom is -0.478 e. The van der Waals surface area contributed by atoms with Gasteiger partial charge in [0.25, 0.3) is 5.91 Å². The van der Waals surface area contributed by atoms with Gasteiger partial charge in [0, 0.05) is 51.9 Å². The number of ether oxygens (including phenoxy) is 1. The molecule has 41 heavy (non-hydrogen) atoms. The van der Waals surface area contributed by atoms with E-state index >= 15 is 0 Å². The van der Waals surface area contributed by atoms with Crippen LogP contribution in [0.2, 0.25) is 5.15 Å². The minimum absolute atomic E-state index is 0.00541. The fraction of sp³-hybridized carbons (Fsp3) is 0.533. The number of carbonyl (C=O) groups is 3. The van der Waals surface area contributed by atoms with Crippen LogP contribution >= 0.6 is 11.6 Å². The van der Waals surface area contributed by atoms with Crippen LogP contribution in [0.5, 0.6) is 0 Å². The Morgan fingerprint density at radius 3 is 2.49 bits per heavy atom. The van der Waals surface area contributed by atoms with Crippen LogP contribution in [-0.2, 0) is 11.3 Å². The largest absolute Gasteiger partial charge is 0.478 e. The first-order valence-electron chi connectivity index (χ1n) is 14.1. The van der Waals surface area contributed by atoms with Gasteiger partial charge in [0.15, 0.2) is 0 Å². The number of aryl methyl sites for hydroxylation is 2. The smallest absolute Gasteiger partial charge is 0.335 e. The van der Waals surface area contributed by atoms with E-state index in [1.807, 2.05) is 16.7 Å². The monoisotopic (exact) mass is 585 g/mol. The highest BCUT2D eigenvalue weighted by molar-refractivity contribution is 6.29. The normalized spacial score (nSPS) is 19.0. The SMILES string of the molecule is COC[C@@H]1CN(Cc2ccc(C(=O)O)cc2)C(=O)N1C1CCN(C(C)CCNC(=O)c2c(C)cc(Cl)nc2C)CC1. The van der Waals surface area contributed by atoms with Crippen molar-refractivity contribution in [3.8, 4) is 0 Å². The maximum atomic E-state index is 13.5. The number of likely N-dealkylation sites (tertiary alicyclic amines) is 1. The third kappa shape index (κ3) is 7.36. The fourth-order valence-corrected chi connectivity index (χ4v) is 6.31. The van der Waals surface area contributed by atoms with Gasteiger partial charge >= 0.3 is 12.0 Å². The van der Waals surface area contributed by atoms with Gasteiger partial charge in [0.2, 0.25) is 0 Å². The molecule has 1 unspecified atom stereocenters. The number of urea groups is 1. The first-order chi connectivity index (χ1) is 19.6. The van der Waals surface area contributed by atoms with Crippen molar-refractivity contribution in [2.24, 2.45) is 0 Å². The first kappa shape index (κ1) is 30.7. The molecule has 0 saturated carbocycles. The number of hydrogen-bond acceptors (Lipinski definition) is 6. The summed E-state index contributed by atoms with van der Waals surface area (Å²) < 4.78 is 5.47. The average Bonchev–Trinajstić information content (AvgIpc) is 3.22. The van der Waals surface area contributed by atoms with E-state index in [0.29, 0.717) is 42.7 Å². The van der Waals surface area contributed by atoms with Crippen LogP contribution in [0.15, 0.2) is 30.3 Å². The molecule has 2 atom stereocenters. The maximum Gasteiger partial charge on any atom is 0.335 e. The lowest BCUT2D eigenvalue weighted by atomic mass is 10.00. The molecule has 2 saturated heterocycles. The zero-order valence-corrected chi connectivity index (χ0v) is 25.0. The zero-order valence-electron chi connectivity index (χ0n) is 24.2. The predicted octanol–water partition coefficient (Wildman–Crippen LogP) is 3.98. The molecule has 0 bridgehead atoms. The van der Waals surface area contributed by atoms with Gasteiger partial charge in [-0.3, -0.25) is 4.79 Å². The number of carboxylic acid groups (broad SMARTS) is 1. The highest BCUT2D eigenvalue weighted by Crippen LogP contribution is 2.28. The maximum absolute atomic E-state index is 13.5. The number of pyridine rings is 1. The molecular weight excluding hydrogens is 546 g/mol. The standard InChI is InChI=1S/C30H40ClN5O5/c1-19-15-26(31)33-21(3)27(19)28(37)32-12-9-20(2)34-13-10-24(11-14-34)36-25(18-41-4)17-35(30(36)40)16-22-5-7-23(8-6-22)29(38)39/h5-8,15,20,24-25H,9-14,16-18H2,1-4H3,(H,32,37)(H,38,39)/t20?,25-/m0/s1. The van der Waals surface area contributed by atoms with E-state index in [1.54, 1.807) is 44.4 Å². The summed E-state index contributed by atoms with van der Waals surface area (Å²) in [5.41, 5.74) is 3.14. The Hall–Kier alpha value is -3.21. The summed E-state index contributed by atoms with van der Waals surface area (Å²) in [7, 11) is 1.66. The van der Waals surface area contributed by atoms with Crippen LogP contribution in [0.25, 0.3) is 0 Å². The molecular formula is C30H40ClN5O5. The molecule has 2 aliphatic rings. The van der Waals surface area contributed by atoms with Gasteiger partial charge in [-0.1, -0.05) is 23.7 Å². The Bertz CT molecular complexity index is 1230. The molecule has 2 aliphatic heterocycles. The van der Waals surface area contributed by atoms with Crippen LogP contribution in [-0.4, -0.2) is 101 Å². The molecule has 222 valence electrons. The Morgan fingerprint density at radius 2 is 1.88 bits per heavy atom. The van der Waals surface area contributed by atoms with E-state index < -0.39 is 5.97 Å². The lowest BCUT2D eigenvalue weighted by molar-refractivity contribution is 0.0663. The van der Waals surface area contributed by atoms with E-state index in [2.05, 4.69) is 22.1 Å². The lowest BCUT2D eigenvalue weighted by Crippen LogP contribution is -2.51. The van der Waals surface area contributed by atoms with E-state index in [9.17, 15) is 14.4 Å². The van der Waals surface area contributed by atoms with Crippen molar-refractivity contribution < 1.29 is 24.2 Å². The number of piperidine rings is 1. The number of carbonyl (C=O) groups excluding carboxylic acids is 2. The third-order valence-electron chi connectivity index (χ3n) is 8.21. The Balaban J connectivity index is 1.28. The van der Waals surface area contributed by atoms with Crippen LogP contribution < -0.4 is 5.32 Å². The molecule has 2 aromatic rings. The summed E-state index contributed by atoms with van der Waals surface area (Å²) in [6.07, 6.45) is 2.57. The molecule has 11 heteroatoms. The Kier molecular flexibility index (Phi) is 10.2. The predicted molar refractivity (Wildman–Crippen MR) is 156 cm³/mol. The van der Waals surface area contributed by atoms with Gasteiger partial charge in [0.05, 0.1) is 29.5 Å². The molecule has 10 nitrogen and oxygen atoms in total. The molecule has 1 aromatic heterocycles. The van der Waals surface area contributed by atoms with E-state index in [1.165, 1.54) is 0 Å². The number of nitrogens with one attached hydrogen (secondary N) is 1. The average molecular weight is 586 g/mol. The van der Waals surface area contributed by atoms with E-state index in [-0.39, 0.29) is 35.6 Å². The van der Waals surface area contributed by atoms with Gasteiger partial charge in [-0.15, -0.1) is 0 Å². The highest BCUT2D eigenvalue weighted by Gasteiger charge is 2.42. The van der Waals surface area contributed by atoms with E-state index in [0.717, 1.165) is 43.5 Å². The fourth-order valence-electron chi connectivity index (χ4n) is 6.02. The highest BCUT2D eigenvalue weighted by atomic mass is 35.5. The van der Waals surface area contributed by atoms with E-state index in [4.69, 9.17) is 21.4 Å². The summed E-state index contributed by atoms with van der Waals surface area (Å²) in [5.74, 6) is -1.10. The number of amides is 3. The third-order valence-corrected chi connectivity index (χ3v) is 8.40. The van der Waals surface area contributed by atoms with Crippen LogP contribution in [0.3, 0.4) is 0 Å². The number of hydrogen-bond donors (Lipinski definition) is 2. The van der Waals surface area contributed by atoms with Gasteiger partial charge < -0.3 is 29.9 Å². The topological polar surface area (TPSA) is 115 Å². The van der Waals surface area contributed by atoms with Crippen molar-refractivity contribution in [3.05, 3.63) is 63.4 Å². The van der Waals surface area contributed by atoms with Crippen molar-refractivity contribution in [2.45, 2.75) is 64.7 Å². The summed E-state index contributed by atoms with van der Waals surface area (Å²) in [5, 5.41) is 12.6. The van der Waals surface area contributed by atoms with Crippen LogP contribution in [0.1, 0.15) is 63.7 Å². The van der Waals surface area contributed by atoms with Crippen LogP contribution in [0, 0.1) is 13.8 Å². The Labute approximate surface area is 246 Å². The molecule has 0 radical (unpaired) electrons. The van der Waals surface area contributed by atoms with Gasteiger partial charge in [-0.05, 0) is 69.4 Å². The number of nitrogens with zero attached hydrogens (tertiary/aromatic N) is 4. The number of aromatic carboxylic acids is 1. The van der Waals surface area contributed by atoms with Crippen LogP contribution in [0.4, 0.5) is 4.79 Å². The molecule has 3 amide bonds. The molecule has 0 aliphatic carbocycles. The summed E-state index contributed by atoms with van der Waals surface area (Å²) in [6, 6.07) is 8.78. The second kappa shape index (κ2) is 13.6. The first-order valence-corrected chi connectivity index (χ1v) is 14.5. The van der Waals surface area contributed by atoms with Crippen molar-refractivity contribution in [1.29, 1.82) is 0 Å². The number of benzene rings is 1. The lowest BCUT2D eigenvalue weighted by Gasteiger charge is -2.40. The van der Waals surface area contributed by atoms with Gasteiger partial charge in [-0.25, -0.2) is 14.6 Å². The second-order valence-corrected chi connectivity index (χ2v) is 11.5. The van der Waals surface area contributed by atoms with Crippen molar-refractivity contribution >= 4 is 29.5 Å². The van der Waals surface area contributed by atoms with Crippen molar-refractivity contribution in [1.82, 2.24) is 25.0 Å². The minimum atomic E-state index is -0.966. The molecule has 2 N–H and O–H groups in total. The Morgan fingerprint density at radius 1 is 1.20 bits per heavy atom. The second-order valence-electron chi connectivity index (χ2n) is 11.1.